The van der Waals surface area contributed by atoms with Gasteiger partial charge in [0, 0.05) is 11.5 Å². The fourth-order valence-electron chi connectivity index (χ4n) is 4.83. The van der Waals surface area contributed by atoms with Crippen LogP contribution in [-0.4, -0.2) is 33.4 Å². The second-order valence-electron chi connectivity index (χ2n) is 9.24. The van der Waals surface area contributed by atoms with Crippen molar-refractivity contribution < 1.29 is 9.53 Å². The molecule has 6 nitrogen and oxygen atoms in total. The van der Waals surface area contributed by atoms with Crippen molar-refractivity contribution in [1.82, 2.24) is 14.9 Å². The van der Waals surface area contributed by atoms with Crippen LogP contribution in [0.1, 0.15) is 61.6 Å². The van der Waals surface area contributed by atoms with Crippen LogP contribution in [0.4, 0.5) is 0 Å². The van der Waals surface area contributed by atoms with E-state index in [-0.39, 0.29) is 28.9 Å². The molecule has 1 amide bonds. The Balaban J connectivity index is 1.43. The highest BCUT2D eigenvalue weighted by Gasteiger charge is 2.27. The Morgan fingerprint density at radius 1 is 1.24 bits per heavy atom. The van der Waals surface area contributed by atoms with E-state index >= 15 is 0 Å². The molecular weight excluding hydrogens is 466 g/mol. The van der Waals surface area contributed by atoms with Gasteiger partial charge in [0.05, 0.1) is 29.3 Å². The third-order valence-electron chi connectivity index (χ3n) is 6.76. The molecule has 0 spiro atoms. The molecule has 3 atom stereocenters. The van der Waals surface area contributed by atoms with Crippen LogP contribution < -0.4 is 10.9 Å². The molecule has 34 heavy (non-hydrogen) atoms. The van der Waals surface area contributed by atoms with E-state index in [9.17, 15) is 9.59 Å². The molecule has 1 aliphatic heterocycles. The van der Waals surface area contributed by atoms with Crippen LogP contribution in [0.3, 0.4) is 0 Å². The lowest BCUT2D eigenvalue weighted by atomic mass is 9.97. The Kier molecular flexibility index (Phi) is 7.09. The van der Waals surface area contributed by atoms with Gasteiger partial charge in [0.1, 0.15) is 4.83 Å². The first kappa shape index (κ1) is 23.6. The zero-order valence-corrected chi connectivity index (χ0v) is 21.3. The van der Waals surface area contributed by atoms with Gasteiger partial charge in [-0.2, -0.15) is 0 Å². The predicted octanol–water partition coefficient (Wildman–Crippen LogP) is 4.87. The number of nitrogens with one attached hydrogen (secondary N) is 1. The number of carbonyl (C=O) groups is 1. The maximum Gasteiger partial charge on any atom is 0.263 e. The summed E-state index contributed by atoms with van der Waals surface area (Å²) in [6, 6.07) is 9.84. The number of hydrogen-bond acceptors (Lipinski definition) is 6. The van der Waals surface area contributed by atoms with Crippen molar-refractivity contribution in [2.24, 2.45) is 0 Å². The highest BCUT2D eigenvalue weighted by Crippen LogP contribution is 2.35. The van der Waals surface area contributed by atoms with Crippen LogP contribution in [0.5, 0.6) is 0 Å². The van der Waals surface area contributed by atoms with E-state index in [2.05, 4.69) is 5.32 Å². The van der Waals surface area contributed by atoms with Gasteiger partial charge in [-0.3, -0.25) is 14.2 Å². The van der Waals surface area contributed by atoms with Gasteiger partial charge in [0.25, 0.3) is 5.56 Å². The molecule has 1 fully saturated rings. The van der Waals surface area contributed by atoms with Crippen molar-refractivity contribution in [3.8, 4) is 0 Å². The highest BCUT2D eigenvalue weighted by molar-refractivity contribution is 8.00. The standard InChI is InChI=1S/C26H31N3O3S2/c1-16(18-9-4-3-5-10-18)27-23(30)17(2)33-26-28-24-22(20-12-6-7-13-21(20)34-24)25(31)29(26)15-19-11-8-14-32-19/h3-5,9-10,16-17,19H,6-8,11-15H2,1-2H3,(H,27,30)/t16-,17-,19-/m0/s1. The number of thiophene rings is 1. The molecule has 0 bridgehead atoms. The van der Waals surface area contributed by atoms with E-state index in [0.717, 1.165) is 54.5 Å². The van der Waals surface area contributed by atoms with Gasteiger partial charge in [-0.1, -0.05) is 42.1 Å². The van der Waals surface area contributed by atoms with Gasteiger partial charge in [-0.05, 0) is 63.5 Å². The number of amides is 1. The van der Waals surface area contributed by atoms with Crippen LogP contribution in [0, 0.1) is 0 Å². The van der Waals surface area contributed by atoms with Crippen molar-refractivity contribution >= 4 is 39.2 Å². The molecule has 0 radical (unpaired) electrons. The van der Waals surface area contributed by atoms with E-state index in [1.165, 1.54) is 28.6 Å². The maximum absolute atomic E-state index is 13.7. The number of carbonyl (C=O) groups excluding carboxylic acids is 1. The van der Waals surface area contributed by atoms with Gasteiger partial charge < -0.3 is 10.1 Å². The average Bonchev–Trinajstić information content (AvgIpc) is 3.49. The van der Waals surface area contributed by atoms with Crippen LogP contribution in [-0.2, 0) is 28.9 Å². The monoisotopic (exact) mass is 497 g/mol. The molecule has 1 aromatic carbocycles. The molecular formula is C26H31N3O3S2. The SMILES string of the molecule is C[C@H](Sc1nc2sc3c(c2c(=O)n1C[C@@H]1CCCO1)CCCC3)C(=O)N[C@@H](C)c1ccccc1. The fourth-order valence-corrected chi connectivity index (χ4v) is 7.06. The van der Waals surface area contributed by atoms with E-state index < -0.39 is 0 Å². The summed E-state index contributed by atoms with van der Waals surface area (Å²) in [5.41, 5.74) is 2.28. The molecule has 3 heterocycles. The maximum atomic E-state index is 13.7. The first-order chi connectivity index (χ1) is 16.5. The lowest BCUT2D eigenvalue weighted by Gasteiger charge is -2.20. The second-order valence-corrected chi connectivity index (χ2v) is 11.6. The molecule has 180 valence electrons. The highest BCUT2D eigenvalue weighted by atomic mass is 32.2. The van der Waals surface area contributed by atoms with Gasteiger partial charge in [-0.15, -0.1) is 11.3 Å². The summed E-state index contributed by atoms with van der Waals surface area (Å²) in [5, 5.41) is 4.12. The lowest BCUT2D eigenvalue weighted by molar-refractivity contribution is -0.120. The van der Waals surface area contributed by atoms with Crippen molar-refractivity contribution in [3.05, 3.63) is 56.7 Å². The van der Waals surface area contributed by atoms with Gasteiger partial charge >= 0.3 is 0 Å². The first-order valence-electron chi connectivity index (χ1n) is 12.2. The van der Waals surface area contributed by atoms with E-state index in [1.54, 1.807) is 15.9 Å². The predicted molar refractivity (Wildman–Crippen MR) is 138 cm³/mol. The Morgan fingerprint density at radius 2 is 2.03 bits per heavy atom. The normalized spacial score (nSPS) is 19.6. The second kappa shape index (κ2) is 10.2. The summed E-state index contributed by atoms with van der Waals surface area (Å²) >= 11 is 3.02. The van der Waals surface area contributed by atoms with Crippen molar-refractivity contribution in [1.29, 1.82) is 0 Å². The van der Waals surface area contributed by atoms with Crippen molar-refractivity contribution in [3.63, 3.8) is 0 Å². The van der Waals surface area contributed by atoms with Crippen LogP contribution >= 0.6 is 23.1 Å². The number of thioether (sulfide) groups is 1. The zero-order valence-electron chi connectivity index (χ0n) is 19.7. The summed E-state index contributed by atoms with van der Waals surface area (Å²) in [4.78, 5) is 33.8. The summed E-state index contributed by atoms with van der Waals surface area (Å²) in [6.07, 6.45) is 6.25. The van der Waals surface area contributed by atoms with Gasteiger partial charge in [0.15, 0.2) is 5.16 Å². The summed E-state index contributed by atoms with van der Waals surface area (Å²) in [6.45, 7) is 5.09. The molecule has 2 aromatic heterocycles. The topological polar surface area (TPSA) is 73.2 Å². The Labute approximate surface area is 208 Å². The molecule has 5 rings (SSSR count). The molecule has 1 aliphatic carbocycles. The average molecular weight is 498 g/mol. The number of ether oxygens (including phenoxy) is 1. The first-order valence-corrected chi connectivity index (χ1v) is 13.9. The quantitative estimate of drug-likeness (QED) is 0.372. The molecule has 3 aromatic rings. The summed E-state index contributed by atoms with van der Waals surface area (Å²) < 4.78 is 7.63. The molecule has 8 heteroatoms. The zero-order chi connectivity index (χ0) is 23.7. The Bertz CT molecular complexity index is 1230. The summed E-state index contributed by atoms with van der Waals surface area (Å²) in [7, 11) is 0. The van der Waals surface area contributed by atoms with E-state index in [1.807, 2.05) is 44.2 Å². The molecule has 1 saturated heterocycles. The number of nitrogens with zero attached hydrogens (tertiary/aromatic N) is 2. The number of benzene rings is 1. The van der Waals surface area contributed by atoms with Crippen LogP contribution in [0.15, 0.2) is 40.3 Å². The van der Waals surface area contributed by atoms with E-state index in [0.29, 0.717) is 11.7 Å². The molecule has 0 unspecified atom stereocenters. The van der Waals surface area contributed by atoms with Crippen LogP contribution in [0.2, 0.25) is 0 Å². The molecule has 1 N–H and O–H groups in total. The number of aryl methyl sites for hydroxylation is 2. The van der Waals surface area contributed by atoms with Crippen molar-refractivity contribution in [2.45, 2.75) is 81.5 Å². The fraction of sp³-hybridized carbons (Fsp3) is 0.500. The lowest BCUT2D eigenvalue weighted by Crippen LogP contribution is -2.34. The number of aromatic nitrogens is 2. The number of hydrogen-bond donors (Lipinski definition) is 1. The Morgan fingerprint density at radius 3 is 2.79 bits per heavy atom. The minimum atomic E-state index is -0.388. The minimum absolute atomic E-state index is 0.0210. The third-order valence-corrected chi connectivity index (χ3v) is 9.04. The smallest absolute Gasteiger partial charge is 0.263 e. The van der Waals surface area contributed by atoms with Crippen molar-refractivity contribution in [2.75, 3.05) is 6.61 Å². The van der Waals surface area contributed by atoms with Gasteiger partial charge in [0.2, 0.25) is 5.91 Å². The number of fused-ring (bicyclic) bond motifs is 3. The largest absolute Gasteiger partial charge is 0.376 e. The summed E-state index contributed by atoms with van der Waals surface area (Å²) in [5.74, 6) is -0.0650. The molecule has 2 aliphatic rings. The third kappa shape index (κ3) is 4.81. The van der Waals surface area contributed by atoms with Gasteiger partial charge in [-0.25, -0.2) is 4.98 Å². The number of rotatable bonds is 7. The molecule has 0 saturated carbocycles. The van der Waals surface area contributed by atoms with Crippen LogP contribution in [0.25, 0.3) is 10.2 Å². The minimum Gasteiger partial charge on any atom is -0.376 e. The van der Waals surface area contributed by atoms with E-state index in [4.69, 9.17) is 9.72 Å². The Hall–Kier alpha value is -2.16.